The third-order valence-electron chi connectivity index (χ3n) is 2.36. The van der Waals surface area contributed by atoms with Gasteiger partial charge in [-0.15, -0.1) is 0 Å². The van der Waals surface area contributed by atoms with Crippen LogP contribution in [0.1, 0.15) is 5.56 Å². The lowest BCUT2D eigenvalue weighted by Crippen LogP contribution is -2.19. The molecule has 0 bridgehead atoms. The molecule has 0 saturated heterocycles. The van der Waals surface area contributed by atoms with Gasteiger partial charge in [-0.1, -0.05) is 12.1 Å². The second-order valence-electron chi connectivity index (χ2n) is 3.67. The Labute approximate surface area is 98.2 Å². The monoisotopic (exact) mass is 231 g/mol. The number of benzene rings is 1. The Morgan fingerprint density at radius 1 is 1.47 bits per heavy atom. The first kappa shape index (κ1) is 11.3. The number of nitrogens with one attached hydrogen (secondary N) is 2. The van der Waals surface area contributed by atoms with Gasteiger partial charge in [0, 0.05) is 23.9 Å². The first-order valence-corrected chi connectivity index (χ1v) is 5.23. The van der Waals surface area contributed by atoms with E-state index in [-0.39, 0.29) is 11.3 Å². The van der Waals surface area contributed by atoms with Crippen molar-refractivity contribution in [1.29, 1.82) is 0 Å². The van der Waals surface area contributed by atoms with E-state index >= 15 is 0 Å². The zero-order chi connectivity index (χ0) is 12.3. The van der Waals surface area contributed by atoms with Crippen LogP contribution in [0.3, 0.4) is 0 Å². The molecule has 17 heavy (non-hydrogen) atoms. The highest BCUT2D eigenvalue weighted by Crippen LogP contribution is 2.18. The maximum atomic E-state index is 11.7. The molecule has 1 aromatic heterocycles. The van der Waals surface area contributed by atoms with Crippen molar-refractivity contribution in [3.05, 3.63) is 46.4 Å². The summed E-state index contributed by atoms with van der Waals surface area (Å²) in [6, 6.07) is 6.59. The zero-order valence-corrected chi connectivity index (χ0v) is 9.40. The van der Waals surface area contributed by atoms with E-state index < -0.39 is 0 Å². The van der Waals surface area contributed by atoms with Gasteiger partial charge >= 0.3 is 0 Å². The molecule has 0 fully saturated rings. The number of phenolic OH excluding ortho intramolecular Hbond substituents is 1. The third-order valence-corrected chi connectivity index (χ3v) is 2.36. The number of nitrogens with zero attached hydrogens (tertiary/aromatic N) is 1. The molecule has 0 atom stereocenters. The Morgan fingerprint density at radius 2 is 2.29 bits per heavy atom. The van der Waals surface area contributed by atoms with Crippen LogP contribution in [0.5, 0.6) is 5.75 Å². The maximum absolute atomic E-state index is 11.7. The highest BCUT2D eigenvalue weighted by Gasteiger charge is 2.04. The number of aromatic amines is 1. The average molecular weight is 231 g/mol. The molecule has 2 rings (SSSR count). The van der Waals surface area contributed by atoms with Crippen molar-refractivity contribution >= 4 is 0 Å². The molecular weight excluding hydrogens is 218 g/mol. The van der Waals surface area contributed by atoms with Gasteiger partial charge in [0.25, 0.3) is 5.56 Å². The molecule has 0 radical (unpaired) electrons. The molecule has 0 saturated carbocycles. The van der Waals surface area contributed by atoms with Crippen LogP contribution in [-0.4, -0.2) is 22.1 Å². The van der Waals surface area contributed by atoms with Crippen molar-refractivity contribution in [2.45, 2.75) is 6.54 Å². The van der Waals surface area contributed by atoms with E-state index in [0.717, 1.165) is 0 Å². The fourth-order valence-electron chi connectivity index (χ4n) is 1.54. The van der Waals surface area contributed by atoms with Gasteiger partial charge in [-0.05, 0) is 19.2 Å². The normalized spacial score (nSPS) is 10.4. The molecular formula is C12H13N3O2. The van der Waals surface area contributed by atoms with Gasteiger partial charge in [0.15, 0.2) is 0 Å². The summed E-state index contributed by atoms with van der Waals surface area (Å²) in [5.41, 5.74) is 1.09. The summed E-state index contributed by atoms with van der Waals surface area (Å²) in [6.07, 6.45) is 1.54. The topological polar surface area (TPSA) is 78.0 Å². The highest BCUT2D eigenvalue weighted by atomic mass is 16.3. The predicted octanol–water partition coefficient (Wildman–Crippen LogP) is 0.862. The lowest BCUT2D eigenvalue weighted by atomic mass is 10.2. The number of hydrogen-bond acceptors (Lipinski definition) is 4. The molecule has 88 valence electrons. The van der Waals surface area contributed by atoms with Crippen molar-refractivity contribution in [3.63, 3.8) is 0 Å². The zero-order valence-electron chi connectivity index (χ0n) is 9.40. The minimum Gasteiger partial charge on any atom is -0.508 e. The molecule has 3 N–H and O–H groups in total. The van der Waals surface area contributed by atoms with E-state index in [0.29, 0.717) is 23.5 Å². The first-order valence-electron chi connectivity index (χ1n) is 5.23. The van der Waals surface area contributed by atoms with Gasteiger partial charge in [-0.2, -0.15) is 0 Å². The predicted molar refractivity (Wildman–Crippen MR) is 64.7 cm³/mol. The van der Waals surface area contributed by atoms with Crippen LogP contribution in [0, 0.1) is 0 Å². The van der Waals surface area contributed by atoms with E-state index in [1.54, 1.807) is 31.3 Å². The number of aromatic nitrogens is 2. The molecule has 0 spiro atoms. The molecule has 0 aliphatic rings. The van der Waals surface area contributed by atoms with Crippen molar-refractivity contribution in [1.82, 2.24) is 15.3 Å². The lowest BCUT2D eigenvalue weighted by molar-refractivity contribution is 0.475. The molecule has 5 nitrogen and oxygen atoms in total. The number of H-pyrrole nitrogens is 1. The lowest BCUT2D eigenvalue weighted by Gasteiger charge is -2.03. The number of aromatic hydroxyl groups is 1. The van der Waals surface area contributed by atoms with Crippen LogP contribution in [0.15, 0.2) is 35.3 Å². The Kier molecular flexibility index (Phi) is 3.20. The van der Waals surface area contributed by atoms with Gasteiger partial charge < -0.3 is 15.4 Å². The van der Waals surface area contributed by atoms with Crippen molar-refractivity contribution in [2.75, 3.05) is 7.05 Å². The summed E-state index contributed by atoms with van der Waals surface area (Å²) in [7, 11) is 1.77. The minimum absolute atomic E-state index is 0.143. The standard InChI is InChI=1S/C12H13N3O2/c1-13-6-9-7-14-11(15-12(9)17)8-3-2-4-10(16)5-8/h2-5,7,13,16H,6H2,1H3,(H,14,15,17). The molecule has 1 heterocycles. The van der Waals surface area contributed by atoms with E-state index in [4.69, 9.17) is 0 Å². The Morgan fingerprint density at radius 3 is 2.94 bits per heavy atom. The molecule has 2 aromatic rings. The smallest absolute Gasteiger partial charge is 0.255 e. The summed E-state index contributed by atoms with van der Waals surface area (Å²) in [4.78, 5) is 18.5. The molecule has 0 aliphatic carbocycles. The van der Waals surface area contributed by atoms with E-state index in [1.165, 1.54) is 6.20 Å². The summed E-state index contributed by atoms with van der Waals surface area (Å²) in [6.45, 7) is 0.475. The molecule has 0 unspecified atom stereocenters. The van der Waals surface area contributed by atoms with Crippen LogP contribution < -0.4 is 10.9 Å². The molecule has 5 heteroatoms. The van der Waals surface area contributed by atoms with Crippen LogP contribution in [0.4, 0.5) is 0 Å². The summed E-state index contributed by atoms with van der Waals surface area (Å²) in [5.74, 6) is 0.593. The van der Waals surface area contributed by atoms with E-state index in [1.807, 2.05) is 0 Å². The summed E-state index contributed by atoms with van der Waals surface area (Å²) < 4.78 is 0. The second-order valence-corrected chi connectivity index (χ2v) is 3.67. The average Bonchev–Trinajstić information content (AvgIpc) is 2.32. The van der Waals surface area contributed by atoms with E-state index in [9.17, 15) is 9.90 Å². The largest absolute Gasteiger partial charge is 0.508 e. The third kappa shape index (κ3) is 2.51. The Hall–Kier alpha value is -2.14. The van der Waals surface area contributed by atoms with Gasteiger partial charge in [-0.25, -0.2) is 4.98 Å². The van der Waals surface area contributed by atoms with Crippen LogP contribution >= 0.6 is 0 Å². The van der Waals surface area contributed by atoms with Crippen LogP contribution in [0.25, 0.3) is 11.4 Å². The maximum Gasteiger partial charge on any atom is 0.255 e. The number of hydrogen-bond donors (Lipinski definition) is 3. The fourth-order valence-corrected chi connectivity index (χ4v) is 1.54. The fraction of sp³-hybridized carbons (Fsp3) is 0.167. The Balaban J connectivity index is 2.41. The molecule has 1 aromatic carbocycles. The van der Waals surface area contributed by atoms with Crippen molar-refractivity contribution in [3.8, 4) is 17.1 Å². The van der Waals surface area contributed by atoms with Gasteiger partial charge in [0.2, 0.25) is 0 Å². The molecule has 0 amide bonds. The van der Waals surface area contributed by atoms with Gasteiger partial charge in [0.1, 0.15) is 11.6 Å². The van der Waals surface area contributed by atoms with E-state index in [2.05, 4.69) is 15.3 Å². The van der Waals surface area contributed by atoms with Crippen LogP contribution in [0.2, 0.25) is 0 Å². The number of rotatable bonds is 3. The van der Waals surface area contributed by atoms with Crippen molar-refractivity contribution < 1.29 is 5.11 Å². The van der Waals surface area contributed by atoms with Crippen molar-refractivity contribution in [2.24, 2.45) is 0 Å². The SMILES string of the molecule is CNCc1cnc(-c2cccc(O)c2)[nH]c1=O. The quantitative estimate of drug-likeness (QED) is 0.732. The number of phenols is 1. The first-order chi connectivity index (χ1) is 8.20. The summed E-state index contributed by atoms with van der Waals surface area (Å²) in [5, 5.41) is 12.2. The highest BCUT2D eigenvalue weighted by molar-refractivity contribution is 5.56. The second kappa shape index (κ2) is 4.80. The summed E-state index contributed by atoms with van der Waals surface area (Å²) >= 11 is 0. The molecule has 0 aliphatic heterocycles. The van der Waals surface area contributed by atoms with Gasteiger partial charge in [-0.3, -0.25) is 4.79 Å². The van der Waals surface area contributed by atoms with Gasteiger partial charge in [0.05, 0.1) is 0 Å². The minimum atomic E-state index is -0.173. The Bertz CT molecular complexity index is 578. The van der Waals surface area contributed by atoms with Crippen LogP contribution in [-0.2, 0) is 6.54 Å².